The van der Waals surface area contributed by atoms with Gasteiger partial charge in [0.2, 0.25) is 0 Å². The first-order valence-electron chi connectivity index (χ1n) is 18.1. The lowest BCUT2D eigenvalue weighted by Gasteiger charge is -2.36. The molecule has 8 aromatic rings. The molecule has 3 aliphatic carbocycles. The van der Waals surface area contributed by atoms with Crippen molar-refractivity contribution < 1.29 is 4.42 Å². The van der Waals surface area contributed by atoms with Gasteiger partial charge in [0.25, 0.3) is 0 Å². The van der Waals surface area contributed by atoms with Gasteiger partial charge in [-0.1, -0.05) is 118 Å². The zero-order chi connectivity index (χ0) is 35.1. The highest BCUT2D eigenvalue weighted by Crippen LogP contribution is 2.58. The van der Waals surface area contributed by atoms with Crippen molar-refractivity contribution in [3.05, 3.63) is 171 Å². The van der Waals surface area contributed by atoms with Crippen LogP contribution in [0.3, 0.4) is 0 Å². The van der Waals surface area contributed by atoms with Gasteiger partial charge in [-0.15, -0.1) is 0 Å². The molecule has 0 saturated carbocycles. The van der Waals surface area contributed by atoms with Gasteiger partial charge in [-0.25, -0.2) is 0 Å². The topological polar surface area (TPSA) is 65.2 Å². The quantitative estimate of drug-likeness (QED) is 0.171. The molecule has 1 heterocycles. The molecule has 3 aliphatic rings. The van der Waals surface area contributed by atoms with Gasteiger partial charge in [0.05, 0.1) is 5.41 Å². The number of hydrogen-bond donors (Lipinski definition) is 2. The standard InChI is InChI=1S/C49H36N2O/c1-48(2,3)29-18-15-27(16-19-29)32-11-8-12-35-33-9-4-6-13-41(33)49(45(32)35)26-31(51)25-40-38-23-28-17-21-37-34-10-5-7-14-42(34)52-47(37)43(28)44(38)39-24-30(50)20-22-36(39)46(40)49/h4-26H,50-51H2,1-3H3. The summed E-state index contributed by atoms with van der Waals surface area (Å²) in [5.74, 6) is 0. The largest absolute Gasteiger partial charge is 0.455 e. The van der Waals surface area contributed by atoms with Crippen LogP contribution in [0.25, 0.3) is 78.2 Å². The average Bonchev–Trinajstić information content (AvgIpc) is 3.81. The van der Waals surface area contributed by atoms with Crippen LogP contribution in [0.15, 0.2) is 138 Å². The number of rotatable bonds is 1. The van der Waals surface area contributed by atoms with Crippen LogP contribution in [0.2, 0.25) is 0 Å². The van der Waals surface area contributed by atoms with Crippen molar-refractivity contribution >= 4 is 50.6 Å². The third-order valence-electron chi connectivity index (χ3n) is 11.8. The monoisotopic (exact) mass is 668 g/mol. The third-order valence-corrected chi connectivity index (χ3v) is 11.8. The van der Waals surface area contributed by atoms with Crippen molar-refractivity contribution in [1.29, 1.82) is 0 Å². The number of anilines is 1. The molecular formula is C49H36N2O. The Morgan fingerprint density at radius 1 is 0.577 bits per heavy atom. The molecule has 0 fully saturated rings. The smallest absolute Gasteiger partial charge is 0.143 e. The first-order chi connectivity index (χ1) is 25.2. The molecular weight excluding hydrogens is 633 g/mol. The first kappa shape index (κ1) is 29.4. The van der Waals surface area contributed by atoms with Crippen molar-refractivity contribution in [2.24, 2.45) is 5.73 Å². The van der Waals surface area contributed by atoms with E-state index in [9.17, 15) is 0 Å². The molecule has 52 heavy (non-hydrogen) atoms. The van der Waals surface area contributed by atoms with Gasteiger partial charge in [-0.2, -0.15) is 0 Å². The zero-order valence-corrected chi connectivity index (χ0v) is 29.3. The molecule has 0 aliphatic heterocycles. The Kier molecular flexibility index (Phi) is 5.61. The van der Waals surface area contributed by atoms with E-state index in [1.807, 2.05) is 12.1 Å². The molecule has 1 unspecified atom stereocenters. The molecule has 11 rings (SSSR count). The second kappa shape index (κ2) is 9.92. The van der Waals surface area contributed by atoms with E-state index in [0.717, 1.165) is 71.2 Å². The van der Waals surface area contributed by atoms with E-state index in [1.54, 1.807) is 0 Å². The number of para-hydroxylation sites is 1. The summed E-state index contributed by atoms with van der Waals surface area (Å²) in [5, 5.41) is 6.83. The second-order valence-electron chi connectivity index (χ2n) is 15.7. The van der Waals surface area contributed by atoms with E-state index in [4.69, 9.17) is 15.9 Å². The van der Waals surface area contributed by atoms with Crippen LogP contribution in [-0.4, -0.2) is 0 Å². The molecule has 0 bridgehead atoms. The van der Waals surface area contributed by atoms with Crippen molar-refractivity contribution in [3.63, 3.8) is 0 Å². The molecule has 7 aromatic carbocycles. The van der Waals surface area contributed by atoms with Crippen LogP contribution in [0, 0.1) is 0 Å². The number of allylic oxidation sites excluding steroid dienone is 2. The predicted octanol–water partition coefficient (Wildman–Crippen LogP) is 10.0. The average molecular weight is 669 g/mol. The SMILES string of the molecule is CC(C)(C)c1ccc(-c2cccc3c2C2(C=C(N)C=c4c2c2ccc(N)cc2c2c4=Cc4ccc5c(oc6ccccc65)c4-2)c2ccccc2-3)cc1. The summed E-state index contributed by atoms with van der Waals surface area (Å²) >= 11 is 0. The summed E-state index contributed by atoms with van der Waals surface area (Å²) in [6.45, 7) is 6.80. The van der Waals surface area contributed by atoms with Gasteiger partial charge in [0.15, 0.2) is 0 Å². The van der Waals surface area contributed by atoms with Gasteiger partial charge in [0, 0.05) is 33.3 Å². The van der Waals surface area contributed by atoms with Crippen molar-refractivity contribution in [2.75, 3.05) is 5.73 Å². The second-order valence-corrected chi connectivity index (χ2v) is 15.7. The fourth-order valence-electron chi connectivity index (χ4n) is 9.61. The van der Waals surface area contributed by atoms with E-state index in [0.29, 0.717) is 0 Å². The normalized spacial score (nSPS) is 16.6. The van der Waals surface area contributed by atoms with Gasteiger partial charge >= 0.3 is 0 Å². The minimum atomic E-state index is -0.653. The molecule has 0 radical (unpaired) electrons. The first-order valence-corrected chi connectivity index (χ1v) is 18.1. The number of hydrogen-bond acceptors (Lipinski definition) is 3. The number of furan rings is 1. The van der Waals surface area contributed by atoms with Crippen LogP contribution in [-0.2, 0) is 10.8 Å². The van der Waals surface area contributed by atoms with Crippen molar-refractivity contribution in [2.45, 2.75) is 31.6 Å². The lowest BCUT2D eigenvalue weighted by atomic mass is 9.66. The lowest BCUT2D eigenvalue weighted by molar-refractivity contribution is 0.590. The van der Waals surface area contributed by atoms with Gasteiger partial charge < -0.3 is 15.9 Å². The summed E-state index contributed by atoms with van der Waals surface area (Å²) in [6.07, 6.45) is 6.84. The summed E-state index contributed by atoms with van der Waals surface area (Å²) in [7, 11) is 0. The summed E-state index contributed by atoms with van der Waals surface area (Å²) in [5.41, 5.74) is 29.9. The highest BCUT2D eigenvalue weighted by molar-refractivity contribution is 6.17. The van der Waals surface area contributed by atoms with Gasteiger partial charge in [-0.3, -0.25) is 0 Å². The van der Waals surface area contributed by atoms with E-state index in [1.165, 1.54) is 44.5 Å². The number of nitrogen functional groups attached to an aromatic ring is 1. The van der Waals surface area contributed by atoms with Crippen LogP contribution in [0.1, 0.15) is 48.6 Å². The lowest BCUT2D eigenvalue weighted by Crippen LogP contribution is -2.42. The highest BCUT2D eigenvalue weighted by Gasteiger charge is 2.48. The number of fused-ring (bicyclic) bond motifs is 18. The Morgan fingerprint density at radius 2 is 1.33 bits per heavy atom. The van der Waals surface area contributed by atoms with Crippen molar-refractivity contribution in [1.82, 2.24) is 0 Å². The Labute approximate surface area is 301 Å². The fraction of sp³-hybridized carbons (Fsp3) is 0.102. The zero-order valence-electron chi connectivity index (χ0n) is 29.3. The minimum Gasteiger partial charge on any atom is -0.455 e. The minimum absolute atomic E-state index is 0.0626. The molecule has 1 spiro atoms. The molecule has 0 amide bonds. The van der Waals surface area contributed by atoms with E-state index < -0.39 is 5.41 Å². The Hall–Kier alpha value is -6.32. The third kappa shape index (κ3) is 3.70. The van der Waals surface area contributed by atoms with Crippen LogP contribution >= 0.6 is 0 Å². The molecule has 3 nitrogen and oxygen atoms in total. The number of benzene rings is 7. The summed E-state index contributed by atoms with van der Waals surface area (Å²) < 4.78 is 6.68. The van der Waals surface area contributed by atoms with Gasteiger partial charge in [-0.05, 0) is 119 Å². The van der Waals surface area contributed by atoms with Crippen LogP contribution < -0.4 is 21.9 Å². The Bertz CT molecular complexity index is 3060. The van der Waals surface area contributed by atoms with E-state index in [2.05, 4.69) is 148 Å². The molecule has 1 aromatic heterocycles. The highest BCUT2D eigenvalue weighted by atomic mass is 16.3. The molecule has 3 heteroatoms. The predicted molar refractivity (Wildman–Crippen MR) is 217 cm³/mol. The maximum Gasteiger partial charge on any atom is 0.143 e. The van der Waals surface area contributed by atoms with E-state index >= 15 is 0 Å². The maximum atomic E-state index is 7.14. The van der Waals surface area contributed by atoms with Crippen molar-refractivity contribution in [3.8, 4) is 33.4 Å². The molecule has 4 N–H and O–H groups in total. The number of nitrogens with two attached hydrogens (primary N) is 2. The Balaban J connectivity index is 1.29. The summed E-state index contributed by atoms with van der Waals surface area (Å²) in [6, 6.07) is 44.0. The van der Waals surface area contributed by atoms with Crippen LogP contribution in [0.4, 0.5) is 5.69 Å². The van der Waals surface area contributed by atoms with E-state index in [-0.39, 0.29) is 5.41 Å². The molecule has 0 saturated heterocycles. The summed E-state index contributed by atoms with van der Waals surface area (Å²) in [4.78, 5) is 0. The van der Waals surface area contributed by atoms with Gasteiger partial charge in [0.1, 0.15) is 11.2 Å². The fourth-order valence-corrected chi connectivity index (χ4v) is 9.61. The molecule has 248 valence electrons. The Morgan fingerprint density at radius 3 is 2.17 bits per heavy atom. The van der Waals surface area contributed by atoms with Crippen LogP contribution in [0.5, 0.6) is 0 Å². The molecule has 1 atom stereocenters. The maximum absolute atomic E-state index is 7.14.